The van der Waals surface area contributed by atoms with Gasteiger partial charge < -0.3 is 19.9 Å². The van der Waals surface area contributed by atoms with E-state index in [0.29, 0.717) is 17.7 Å². The highest BCUT2D eigenvalue weighted by Gasteiger charge is 2.20. The minimum absolute atomic E-state index is 0.00286. The van der Waals surface area contributed by atoms with E-state index in [1.807, 2.05) is 4.90 Å². The second-order valence-corrected chi connectivity index (χ2v) is 6.48. The Morgan fingerprint density at radius 3 is 2.41 bits per heavy atom. The lowest BCUT2D eigenvalue weighted by Gasteiger charge is -2.32. The van der Waals surface area contributed by atoms with E-state index < -0.39 is 0 Å². The second kappa shape index (κ2) is 8.64. The number of benzene rings is 1. The molecule has 0 atom stereocenters. The number of carbonyl (C=O) groups is 2. The van der Waals surface area contributed by atoms with Crippen LogP contribution in [0.3, 0.4) is 0 Å². The molecule has 0 saturated carbocycles. The first kappa shape index (κ1) is 18.8. The summed E-state index contributed by atoms with van der Waals surface area (Å²) in [5.74, 6) is -0.345. The standard InChI is InChI=1S/C20H24N4O3/c1-3-27-20(26)15-4-6-17(7-5-15)22-18-12-16(13-21-14-18)19(25)24-10-8-23(2)9-11-24/h4-7,12-14,22H,3,8-11H2,1-2H3. The summed E-state index contributed by atoms with van der Waals surface area (Å²) < 4.78 is 4.98. The Balaban J connectivity index is 1.67. The average molecular weight is 368 g/mol. The Hall–Kier alpha value is -2.93. The molecule has 7 heteroatoms. The molecule has 7 nitrogen and oxygen atoms in total. The zero-order valence-electron chi connectivity index (χ0n) is 15.6. The number of ether oxygens (including phenoxy) is 1. The summed E-state index contributed by atoms with van der Waals surface area (Å²) in [6.45, 7) is 5.33. The molecule has 1 aromatic heterocycles. The van der Waals surface area contributed by atoms with Crippen LogP contribution in [0.2, 0.25) is 0 Å². The van der Waals surface area contributed by atoms with Gasteiger partial charge in [-0.05, 0) is 44.3 Å². The van der Waals surface area contributed by atoms with Crippen LogP contribution in [0, 0.1) is 0 Å². The summed E-state index contributed by atoms with van der Waals surface area (Å²) >= 11 is 0. The number of likely N-dealkylation sites (N-methyl/N-ethyl adjacent to an activating group) is 1. The van der Waals surface area contributed by atoms with Crippen LogP contribution in [-0.4, -0.2) is 66.5 Å². The van der Waals surface area contributed by atoms with Gasteiger partial charge in [0.15, 0.2) is 0 Å². The first-order valence-electron chi connectivity index (χ1n) is 9.04. The van der Waals surface area contributed by atoms with Crippen LogP contribution in [-0.2, 0) is 4.74 Å². The molecule has 27 heavy (non-hydrogen) atoms. The van der Waals surface area contributed by atoms with Gasteiger partial charge in [0.2, 0.25) is 0 Å². The zero-order valence-corrected chi connectivity index (χ0v) is 15.6. The maximum atomic E-state index is 12.7. The topological polar surface area (TPSA) is 74.8 Å². The zero-order chi connectivity index (χ0) is 19.2. The maximum Gasteiger partial charge on any atom is 0.338 e. The molecule has 0 radical (unpaired) electrons. The monoisotopic (exact) mass is 368 g/mol. The van der Waals surface area contributed by atoms with Crippen LogP contribution in [0.4, 0.5) is 11.4 Å². The van der Waals surface area contributed by atoms with Crippen LogP contribution in [0.25, 0.3) is 0 Å². The molecule has 2 aromatic rings. The van der Waals surface area contributed by atoms with Crippen LogP contribution < -0.4 is 5.32 Å². The third kappa shape index (κ3) is 4.83. The molecule has 3 rings (SSSR count). The van der Waals surface area contributed by atoms with E-state index in [2.05, 4.69) is 22.2 Å². The van der Waals surface area contributed by atoms with Gasteiger partial charge >= 0.3 is 5.97 Å². The molecule has 1 N–H and O–H groups in total. The normalized spacial score (nSPS) is 14.7. The number of nitrogens with zero attached hydrogens (tertiary/aromatic N) is 3. The van der Waals surface area contributed by atoms with Crippen LogP contribution in [0.15, 0.2) is 42.7 Å². The van der Waals surface area contributed by atoms with Crippen molar-refractivity contribution < 1.29 is 14.3 Å². The molecule has 2 heterocycles. The quantitative estimate of drug-likeness (QED) is 0.817. The van der Waals surface area contributed by atoms with Gasteiger partial charge in [0.05, 0.1) is 29.6 Å². The van der Waals surface area contributed by atoms with E-state index in [-0.39, 0.29) is 11.9 Å². The van der Waals surface area contributed by atoms with Gasteiger partial charge in [-0.25, -0.2) is 4.79 Å². The molecule has 0 unspecified atom stereocenters. The highest BCUT2D eigenvalue weighted by atomic mass is 16.5. The number of nitrogens with one attached hydrogen (secondary N) is 1. The van der Waals surface area contributed by atoms with E-state index in [1.54, 1.807) is 49.6 Å². The van der Waals surface area contributed by atoms with Crippen molar-refractivity contribution in [3.63, 3.8) is 0 Å². The van der Waals surface area contributed by atoms with Crippen molar-refractivity contribution in [3.05, 3.63) is 53.9 Å². The fraction of sp³-hybridized carbons (Fsp3) is 0.350. The van der Waals surface area contributed by atoms with Gasteiger partial charge in [-0.3, -0.25) is 9.78 Å². The number of pyridine rings is 1. The number of carbonyl (C=O) groups excluding carboxylic acids is 2. The number of rotatable bonds is 5. The predicted molar refractivity (Wildman–Crippen MR) is 103 cm³/mol. The molecule has 142 valence electrons. The molecule has 0 aliphatic carbocycles. The predicted octanol–water partition coefficient (Wildman–Crippen LogP) is 2.39. The van der Waals surface area contributed by atoms with E-state index in [0.717, 1.165) is 37.6 Å². The molecule has 1 aliphatic rings. The van der Waals surface area contributed by atoms with E-state index in [9.17, 15) is 9.59 Å². The summed E-state index contributed by atoms with van der Waals surface area (Å²) in [6.07, 6.45) is 3.26. The molecule has 1 amide bonds. The Kier molecular flexibility index (Phi) is 6.03. The average Bonchev–Trinajstić information content (AvgIpc) is 2.69. The van der Waals surface area contributed by atoms with E-state index >= 15 is 0 Å². The third-order valence-electron chi connectivity index (χ3n) is 4.46. The lowest BCUT2D eigenvalue weighted by atomic mass is 10.2. The van der Waals surface area contributed by atoms with Gasteiger partial charge in [-0.15, -0.1) is 0 Å². The largest absolute Gasteiger partial charge is 0.462 e. The first-order chi connectivity index (χ1) is 13.1. The number of esters is 1. The van der Waals surface area contributed by atoms with Gasteiger partial charge in [0, 0.05) is 38.1 Å². The molecular weight excluding hydrogens is 344 g/mol. The number of hydrogen-bond donors (Lipinski definition) is 1. The minimum atomic E-state index is -0.342. The molecule has 1 saturated heterocycles. The van der Waals surface area contributed by atoms with Crippen LogP contribution >= 0.6 is 0 Å². The van der Waals surface area contributed by atoms with Crippen LogP contribution in [0.1, 0.15) is 27.6 Å². The molecule has 1 aromatic carbocycles. The van der Waals surface area contributed by atoms with Crippen molar-refractivity contribution in [2.75, 3.05) is 45.2 Å². The highest BCUT2D eigenvalue weighted by Crippen LogP contribution is 2.19. The highest BCUT2D eigenvalue weighted by molar-refractivity contribution is 5.95. The fourth-order valence-electron chi connectivity index (χ4n) is 2.89. The smallest absolute Gasteiger partial charge is 0.338 e. The Labute approximate surface area is 158 Å². The summed E-state index contributed by atoms with van der Waals surface area (Å²) in [4.78, 5) is 32.6. The Morgan fingerprint density at radius 1 is 1.04 bits per heavy atom. The molecular formula is C20H24N4O3. The van der Waals surface area contributed by atoms with Gasteiger partial charge in [0.25, 0.3) is 5.91 Å². The fourth-order valence-corrected chi connectivity index (χ4v) is 2.89. The second-order valence-electron chi connectivity index (χ2n) is 6.48. The Bertz CT molecular complexity index is 799. The van der Waals surface area contributed by atoms with Gasteiger partial charge in [-0.1, -0.05) is 0 Å². The maximum absolute atomic E-state index is 12.7. The van der Waals surface area contributed by atoms with E-state index in [4.69, 9.17) is 4.74 Å². The number of amides is 1. The van der Waals surface area contributed by atoms with Crippen molar-refractivity contribution in [3.8, 4) is 0 Å². The number of piperazine rings is 1. The minimum Gasteiger partial charge on any atom is -0.462 e. The molecule has 0 bridgehead atoms. The summed E-state index contributed by atoms with van der Waals surface area (Å²) in [5.41, 5.74) is 2.58. The summed E-state index contributed by atoms with van der Waals surface area (Å²) in [5, 5.41) is 3.21. The lowest BCUT2D eigenvalue weighted by molar-refractivity contribution is 0.0526. The van der Waals surface area contributed by atoms with Gasteiger partial charge in [-0.2, -0.15) is 0 Å². The van der Waals surface area contributed by atoms with Crippen LogP contribution in [0.5, 0.6) is 0 Å². The van der Waals surface area contributed by atoms with Gasteiger partial charge in [0.1, 0.15) is 0 Å². The molecule has 1 fully saturated rings. The first-order valence-corrected chi connectivity index (χ1v) is 9.04. The molecule has 1 aliphatic heterocycles. The van der Waals surface area contributed by atoms with Crippen molar-refractivity contribution >= 4 is 23.3 Å². The number of hydrogen-bond acceptors (Lipinski definition) is 6. The number of anilines is 2. The molecule has 0 spiro atoms. The summed E-state index contributed by atoms with van der Waals surface area (Å²) in [7, 11) is 2.06. The Morgan fingerprint density at radius 2 is 1.74 bits per heavy atom. The lowest BCUT2D eigenvalue weighted by Crippen LogP contribution is -2.47. The summed E-state index contributed by atoms with van der Waals surface area (Å²) in [6, 6.07) is 8.79. The van der Waals surface area contributed by atoms with Crippen molar-refractivity contribution in [2.45, 2.75) is 6.92 Å². The van der Waals surface area contributed by atoms with Crippen molar-refractivity contribution in [1.29, 1.82) is 0 Å². The van der Waals surface area contributed by atoms with E-state index in [1.165, 1.54) is 0 Å². The third-order valence-corrected chi connectivity index (χ3v) is 4.46. The SMILES string of the molecule is CCOC(=O)c1ccc(Nc2cncc(C(=O)N3CCN(C)CC3)c2)cc1. The number of aromatic nitrogens is 1. The van der Waals surface area contributed by atoms with Crippen molar-refractivity contribution in [1.82, 2.24) is 14.8 Å². The van der Waals surface area contributed by atoms with Crippen molar-refractivity contribution in [2.24, 2.45) is 0 Å².